The van der Waals surface area contributed by atoms with Crippen LogP contribution in [0.2, 0.25) is 0 Å². The van der Waals surface area contributed by atoms with Gasteiger partial charge in [-0.3, -0.25) is 0 Å². The lowest BCUT2D eigenvalue weighted by atomic mass is 10.3. The fraction of sp³-hybridized carbons (Fsp3) is 0.571. The molecule has 0 aliphatic heterocycles. The number of para-hydroxylation sites is 1. The van der Waals surface area contributed by atoms with E-state index in [0.29, 0.717) is 36.7 Å². The molecule has 0 bridgehead atoms. The lowest BCUT2D eigenvalue weighted by Crippen LogP contribution is -2.31. The second kappa shape index (κ2) is 8.24. The number of benzene rings is 1. The van der Waals surface area contributed by atoms with E-state index in [2.05, 4.69) is 0 Å². The second-order valence-electron chi connectivity index (χ2n) is 4.49. The van der Waals surface area contributed by atoms with Crippen LogP contribution in [0.5, 0.6) is 0 Å². The van der Waals surface area contributed by atoms with Gasteiger partial charge in [0.2, 0.25) is 0 Å². The molecule has 5 nitrogen and oxygen atoms in total. The summed E-state index contributed by atoms with van der Waals surface area (Å²) in [5.41, 5.74) is 0.632. The van der Waals surface area contributed by atoms with E-state index < -0.39 is 9.84 Å². The largest absolute Gasteiger partial charge is 0.395 e. The van der Waals surface area contributed by atoms with Crippen molar-refractivity contribution >= 4 is 15.5 Å². The van der Waals surface area contributed by atoms with Crippen molar-refractivity contribution in [2.24, 2.45) is 0 Å². The van der Waals surface area contributed by atoms with Crippen molar-refractivity contribution in [3.8, 4) is 0 Å². The fourth-order valence-corrected chi connectivity index (χ4v) is 3.59. The molecule has 0 saturated carbocycles. The highest BCUT2D eigenvalue weighted by Gasteiger charge is 2.20. The van der Waals surface area contributed by atoms with Gasteiger partial charge in [0.15, 0.2) is 9.84 Å². The number of aliphatic hydroxyl groups excluding tert-OH is 1. The maximum atomic E-state index is 12.3. The minimum absolute atomic E-state index is 0.0358. The van der Waals surface area contributed by atoms with E-state index in [4.69, 9.17) is 9.84 Å². The zero-order chi connectivity index (χ0) is 15.0. The van der Waals surface area contributed by atoms with Crippen molar-refractivity contribution in [3.05, 3.63) is 24.3 Å². The molecule has 1 rings (SSSR count). The topological polar surface area (TPSA) is 66.8 Å². The Hall–Kier alpha value is -1.11. The third-order valence-electron chi connectivity index (χ3n) is 2.95. The Balaban J connectivity index is 3.15. The van der Waals surface area contributed by atoms with E-state index in [1.165, 1.54) is 0 Å². The number of anilines is 1. The Morgan fingerprint density at radius 1 is 1.25 bits per heavy atom. The highest BCUT2D eigenvalue weighted by molar-refractivity contribution is 7.91. The first-order valence-electron chi connectivity index (χ1n) is 6.73. The van der Waals surface area contributed by atoms with Gasteiger partial charge in [-0.1, -0.05) is 19.1 Å². The lowest BCUT2D eigenvalue weighted by Gasteiger charge is -2.26. The molecular weight excluding hydrogens is 278 g/mol. The fourth-order valence-electron chi connectivity index (χ4n) is 2.03. The zero-order valence-electron chi connectivity index (χ0n) is 12.1. The van der Waals surface area contributed by atoms with Gasteiger partial charge in [-0.15, -0.1) is 0 Å². The van der Waals surface area contributed by atoms with Crippen LogP contribution in [-0.4, -0.2) is 52.7 Å². The van der Waals surface area contributed by atoms with E-state index in [1.54, 1.807) is 31.4 Å². The van der Waals surface area contributed by atoms with Gasteiger partial charge in [-0.2, -0.15) is 0 Å². The summed E-state index contributed by atoms with van der Waals surface area (Å²) >= 11 is 0. The van der Waals surface area contributed by atoms with Gasteiger partial charge in [-0.05, 0) is 18.6 Å². The SMILES string of the molecule is CCCS(=O)(=O)c1ccccc1N(CCO)CCOC. The Morgan fingerprint density at radius 3 is 2.55 bits per heavy atom. The molecule has 0 fully saturated rings. The van der Waals surface area contributed by atoms with Crippen LogP contribution in [-0.2, 0) is 14.6 Å². The normalized spacial score (nSPS) is 11.6. The summed E-state index contributed by atoms with van der Waals surface area (Å²) in [6, 6.07) is 6.92. The van der Waals surface area contributed by atoms with Gasteiger partial charge in [0.05, 0.1) is 29.5 Å². The first-order valence-corrected chi connectivity index (χ1v) is 8.38. The predicted octanol–water partition coefficient (Wildman–Crippen LogP) is 1.32. The molecule has 1 aromatic rings. The second-order valence-corrected chi connectivity index (χ2v) is 6.57. The first-order chi connectivity index (χ1) is 9.56. The van der Waals surface area contributed by atoms with E-state index in [9.17, 15) is 8.42 Å². The third kappa shape index (κ3) is 4.47. The van der Waals surface area contributed by atoms with E-state index in [0.717, 1.165) is 0 Å². The highest BCUT2D eigenvalue weighted by atomic mass is 32.2. The van der Waals surface area contributed by atoms with E-state index in [1.807, 2.05) is 11.8 Å². The number of aliphatic hydroxyl groups is 1. The molecule has 0 radical (unpaired) electrons. The highest BCUT2D eigenvalue weighted by Crippen LogP contribution is 2.26. The van der Waals surface area contributed by atoms with Crippen molar-refractivity contribution in [1.29, 1.82) is 0 Å². The summed E-state index contributed by atoms with van der Waals surface area (Å²) in [6.07, 6.45) is 0.578. The minimum atomic E-state index is -3.29. The van der Waals surface area contributed by atoms with Crippen molar-refractivity contribution in [1.82, 2.24) is 0 Å². The summed E-state index contributed by atoms with van der Waals surface area (Å²) in [5.74, 6) is 0.126. The van der Waals surface area contributed by atoms with Gasteiger partial charge >= 0.3 is 0 Å². The van der Waals surface area contributed by atoms with Gasteiger partial charge in [-0.25, -0.2) is 8.42 Å². The maximum absolute atomic E-state index is 12.3. The molecule has 6 heteroatoms. The molecule has 0 saturated heterocycles. The molecule has 1 aromatic carbocycles. The van der Waals surface area contributed by atoms with Crippen molar-refractivity contribution in [3.63, 3.8) is 0 Å². The Morgan fingerprint density at radius 2 is 1.95 bits per heavy atom. The predicted molar refractivity (Wildman–Crippen MR) is 80.0 cm³/mol. The monoisotopic (exact) mass is 301 g/mol. The molecule has 0 aliphatic carbocycles. The first kappa shape index (κ1) is 16.9. The van der Waals surface area contributed by atoms with Crippen LogP contribution in [0.4, 0.5) is 5.69 Å². The molecule has 0 spiro atoms. The molecule has 0 aromatic heterocycles. The van der Waals surface area contributed by atoms with Crippen molar-refractivity contribution in [2.45, 2.75) is 18.2 Å². The van der Waals surface area contributed by atoms with Crippen LogP contribution >= 0.6 is 0 Å². The number of sulfone groups is 1. The summed E-state index contributed by atoms with van der Waals surface area (Å²) in [6.45, 7) is 3.20. The van der Waals surface area contributed by atoms with E-state index in [-0.39, 0.29) is 12.4 Å². The average Bonchev–Trinajstić information content (AvgIpc) is 2.43. The standard InChI is InChI=1S/C14H23NO4S/c1-3-12-20(17,18)14-7-5-4-6-13(14)15(8-10-16)9-11-19-2/h4-7,16H,3,8-12H2,1-2H3. The number of nitrogens with zero attached hydrogens (tertiary/aromatic N) is 1. The molecule has 20 heavy (non-hydrogen) atoms. The number of hydrogen-bond donors (Lipinski definition) is 1. The molecule has 0 amide bonds. The van der Waals surface area contributed by atoms with Crippen LogP contribution in [0.25, 0.3) is 0 Å². The summed E-state index contributed by atoms with van der Waals surface area (Å²) < 4.78 is 29.7. The number of hydrogen-bond acceptors (Lipinski definition) is 5. The van der Waals surface area contributed by atoms with Crippen LogP contribution in [0.3, 0.4) is 0 Å². The summed E-state index contributed by atoms with van der Waals surface area (Å²) in [7, 11) is -1.70. The molecule has 0 unspecified atom stereocenters. The Bertz CT molecular complexity index is 502. The number of rotatable bonds is 9. The summed E-state index contributed by atoms with van der Waals surface area (Å²) in [5, 5.41) is 9.16. The van der Waals surface area contributed by atoms with Crippen LogP contribution < -0.4 is 4.90 Å². The summed E-state index contributed by atoms with van der Waals surface area (Å²) in [4.78, 5) is 2.16. The molecule has 0 heterocycles. The molecule has 1 N–H and O–H groups in total. The van der Waals surface area contributed by atoms with E-state index >= 15 is 0 Å². The Kier molecular flexibility index (Phi) is 6.98. The van der Waals surface area contributed by atoms with Gasteiger partial charge in [0.1, 0.15) is 0 Å². The zero-order valence-corrected chi connectivity index (χ0v) is 12.9. The number of methoxy groups -OCH3 is 1. The molecular formula is C14H23NO4S. The van der Waals surface area contributed by atoms with Crippen molar-refractivity contribution < 1.29 is 18.3 Å². The third-order valence-corrected chi connectivity index (χ3v) is 4.91. The quantitative estimate of drug-likeness (QED) is 0.745. The molecule has 0 aliphatic rings. The van der Waals surface area contributed by atoms with Crippen molar-refractivity contribution in [2.75, 3.05) is 44.1 Å². The lowest BCUT2D eigenvalue weighted by molar-refractivity contribution is 0.202. The molecule has 114 valence electrons. The smallest absolute Gasteiger partial charge is 0.180 e. The maximum Gasteiger partial charge on any atom is 0.180 e. The average molecular weight is 301 g/mol. The minimum Gasteiger partial charge on any atom is -0.395 e. The van der Waals surface area contributed by atoms with Gasteiger partial charge in [0, 0.05) is 20.2 Å². The number of ether oxygens (including phenoxy) is 1. The van der Waals surface area contributed by atoms with Gasteiger partial charge in [0.25, 0.3) is 0 Å². The van der Waals surface area contributed by atoms with Crippen LogP contribution in [0, 0.1) is 0 Å². The molecule has 0 atom stereocenters. The van der Waals surface area contributed by atoms with Crippen LogP contribution in [0.1, 0.15) is 13.3 Å². The van der Waals surface area contributed by atoms with Crippen LogP contribution in [0.15, 0.2) is 29.2 Å². The Labute approximate surface area is 121 Å². The van der Waals surface area contributed by atoms with Gasteiger partial charge < -0.3 is 14.7 Å².